The van der Waals surface area contributed by atoms with E-state index in [2.05, 4.69) is 30.9 Å². The molecular weight excluding hydrogens is 296 g/mol. The summed E-state index contributed by atoms with van der Waals surface area (Å²) in [6.45, 7) is 8.97. The Bertz CT molecular complexity index is 658. The van der Waals surface area contributed by atoms with Gasteiger partial charge in [0.25, 0.3) is 0 Å². The van der Waals surface area contributed by atoms with Crippen LogP contribution in [0.4, 0.5) is 0 Å². The van der Waals surface area contributed by atoms with E-state index in [0.717, 1.165) is 60.9 Å². The fourth-order valence-electron chi connectivity index (χ4n) is 2.96. The van der Waals surface area contributed by atoms with Crippen molar-refractivity contribution in [1.82, 2.24) is 4.90 Å². The molecule has 0 aliphatic rings. The van der Waals surface area contributed by atoms with Gasteiger partial charge in [0.05, 0.1) is 6.61 Å². The summed E-state index contributed by atoms with van der Waals surface area (Å²) in [6, 6.07) is 12.3. The standard InChI is InChI=1S/C21H30N2O/c1-4-7-15-23(16-8-5-2)21(22)19-13-14-20(24-6-3)18-12-10-9-11-17(18)19/h9-14,22H,4-8,15-16H2,1-3H3. The number of nitrogens with zero attached hydrogens (tertiary/aromatic N) is 1. The molecule has 2 aromatic carbocycles. The Morgan fingerprint density at radius 1 is 0.917 bits per heavy atom. The lowest BCUT2D eigenvalue weighted by atomic mass is 10.0. The Kier molecular flexibility index (Phi) is 7.10. The first-order chi connectivity index (χ1) is 11.7. The summed E-state index contributed by atoms with van der Waals surface area (Å²) >= 11 is 0. The van der Waals surface area contributed by atoms with Crippen LogP contribution in [0.25, 0.3) is 10.8 Å². The Labute approximate surface area is 146 Å². The number of benzene rings is 2. The summed E-state index contributed by atoms with van der Waals surface area (Å²) in [5.74, 6) is 1.54. The van der Waals surface area contributed by atoms with Gasteiger partial charge in [0, 0.05) is 24.0 Å². The van der Waals surface area contributed by atoms with Crippen LogP contribution in [-0.4, -0.2) is 30.4 Å². The number of hydrogen-bond donors (Lipinski definition) is 1. The fraction of sp³-hybridized carbons (Fsp3) is 0.476. The highest BCUT2D eigenvalue weighted by molar-refractivity contribution is 6.09. The Morgan fingerprint density at radius 2 is 1.54 bits per heavy atom. The zero-order valence-electron chi connectivity index (χ0n) is 15.3. The predicted molar refractivity (Wildman–Crippen MR) is 103 cm³/mol. The zero-order chi connectivity index (χ0) is 17.4. The second-order valence-corrected chi connectivity index (χ2v) is 6.13. The first kappa shape index (κ1) is 18.3. The lowest BCUT2D eigenvalue weighted by Crippen LogP contribution is -2.33. The summed E-state index contributed by atoms with van der Waals surface area (Å²) in [6.07, 6.45) is 4.56. The van der Waals surface area contributed by atoms with Gasteiger partial charge >= 0.3 is 0 Å². The number of ether oxygens (including phenoxy) is 1. The smallest absolute Gasteiger partial charge is 0.128 e. The highest BCUT2D eigenvalue weighted by Crippen LogP contribution is 2.29. The Morgan fingerprint density at radius 3 is 2.12 bits per heavy atom. The van der Waals surface area contributed by atoms with Gasteiger partial charge in [-0.3, -0.25) is 5.41 Å². The van der Waals surface area contributed by atoms with Gasteiger partial charge in [-0.2, -0.15) is 0 Å². The maximum absolute atomic E-state index is 8.78. The van der Waals surface area contributed by atoms with Crippen LogP contribution in [0.5, 0.6) is 5.75 Å². The highest BCUT2D eigenvalue weighted by Gasteiger charge is 2.15. The number of nitrogens with one attached hydrogen (secondary N) is 1. The third-order valence-corrected chi connectivity index (χ3v) is 4.32. The molecule has 0 heterocycles. The van der Waals surface area contributed by atoms with Crippen LogP contribution in [0.1, 0.15) is 52.0 Å². The van der Waals surface area contributed by atoms with Gasteiger partial charge in [0.2, 0.25) is 0 Å². The summed E-state index contributed by atoms with van der Waals surface area (Å²) in [7, 11) is 0. The first-order valence-electron chi connectivity index (χ1n) is 9.21. The normalized spacial score (nSPS) is 10.8. The largest absolute Gasteiger partial charge is 0.493 e. The maximum atomic E-state index is 8.78. The highest BCUT2D eigenvalue weighted by atomic mass is 16.5. The van der Waals surface area contributed by atoms with Crippen molar-refractivity contribution in [3.63, 3.8) is 0 Å². The van der Waals surface area contributed by atoms with E-state index in [1.807, 2.05) is 31.2 Å². The second kappa shape index (κ2) is 9.31. The molecule has 130 valence electrons. The van der Waals surface area contributed by atoms with Gasteiger partial charge in [-0.1, -0.05) is 51.0 Å². The van der Waals surface area contributed by atoms with Crippen molar-refractivity contribution in [2.75, 3.05) is 19.7 Å². The molecule has 3 heteroatoms. The van der Waals surface area contributed by atoms with Crippen LogP contribution in [0, 0.1) is 5.41 Å². The van der Waals surface area contributed by atoms with Crippen molar-refractivity contribution in [3.05, 3.63) is 42.0 Å². The molecule has 2 aromatic rings. The molecule has 3 nitrogen and oxygen atoms in total. The lowest BCUT2D eigenvalue weighted by molar-refractivity contribution is 0.344. The first-order valence-corrected chi connectivity index (χ1v) is 9.21. The summed E-state index contributed by atoms with van der Waals surface area (Å²) in [4.78, 5) is 2.23. The minimum atomic E-state index is 0.635. The van der Waals surface area contributed by atoms with E-state index in [1.165, 1.54) is 0 Å². The van der Waals surface area contributed by atoms with Gasteiger partial charge in [0.15, 0.2) is 0 Å². The second-order valence-electron chi connectivity index (χ2n) is 6.13. The molecule has 0 fully saturated rings. The van der Waals surface area contributed by atoms with Crippen molar-refractivity contribution in [2.24, 2.45) is 0 Å². The van der Waals surface area contributed by atoms with E-state index in [0.29, 0.717) is 12.4 Å². The molecule has 0 saturated heterocycles. The minimum absolute atomic E-state index is 0.635. The Hall–Kier alpha value is -2.03. The van der Waals surface area contributed by atoms with Crippen LogP contribution < -0.4 is 4.74 Å². The average Bonchev–Trinajstić information content (AvgIpc) is 2.62. The van der Waals surface area contributed by atoms with Gasteiger partial charge in [0.1, 0.15) is 11.6 Å². The van der Waals surface area contributed by atoms with Crippen LogP contribution in [-0.2, 0) is 0 Å². The molecule has 0 radical (unpaired) electrons. The molecule has 0 spiro atoms. The Balaban J connectivity index is 2.38. The molecule has 0 aromatic heterocycles. The lowest BCUT2D eigenvalue weighted by Gasteiger charge is -2.26. The molecule has 24 heavy (non-hydrogen) atoms. The summed E-state index contributed by atoms with van der Waals surface area (Å²) < 4.78 is 5.76. The summed E-state index contributed by atoms with van der Waals surface area (Å²) in [5, 5.41) is 11.0. The molecule has 0 aliphatic carbocycles. The van der Waals surface area contributed by atoms with Crippen LogP contribution >= 0.6 is 0 Å². The number of unbranched alkanes of at least 4 members (excludes halogenated alkanes) is 2. The fourth-order valence-corrected chi connectivity index (χ4v) is 2.96. The monoisotopic (exact) mass is 326 g/mol. The van der Waals surface area contributed by atoms with Gasteiger partial charge in [-0.05, 0) is 37.3 Å². The predicted octanol–water partition coefficient (Wildman–Crippen LogP) is 5.47. The molecule has 0 amide bonds. The van der Waals surface area contributed by atoms with Crippen LogP contribution in [0.2, 0.25) is 0 Å². The van der Waals surface area contributed by atoms with Crippen molar-refractivity contribution < 1.29 is 4.74 Å². The topological polar surface area (TPSA) is 36.3 Å². The third kappa shape index (κ3) is 4.28. The molecule has 2 rings (SSSR count). The molecule has 0 aliphatic heterocycles. The maximum Gasteiger partial charge on any atom is 0.128 e. The van der Waals surface area contributed by atoms with Gasteiger partial charge in [-0.15, -0.1) is 0 Å². The van der Waals surface area contributed by atoms with E-state index < -0.39 is 0 Å². The van der Waals surface area contributed by atoms with Crippen molar-refractivity contribution in [1.29, 1.82) is 5.41 Å². The van der Waals surface area contributed by atoms with Crippen molar-refractivity contribution >= 4 is 16.6 Å². The molecule has 0 atom stereocenters. The van der Waals surface area contributed by atoms with E-state index in [-0.39, 0.29) is 0 Å². The van der Waals surface area contributed by atoms with Gasteiger partial charge < -0.3 is 9.64 Å². The molecule has 0 unspecified atom stereocenters. The zero-order valence-corrected chi connectivity index (χ0v) is 15.3. The number of hydrogen-bond acceptors (Lipinski definition) is 2. The minimum Gasteiger partial charge on any atom is -0.493 e. The quantitative estimate of drug-likeness (QED) is 0.490. The third-order valence-electron chi connectivity index (χ3n) is 4.32. The summed E-state index contributed by atoms with van der Waals surface area (Å²) in [5.41, 5.74) is 1.00. The SMILES string of the molecule is CCCCN(CCCC)C(=N)c1ccc(OCC)c2ccccc12. The van der Waals surface area contributed by atoms with Gasteiger partial charge in [-0.25, -0.2) is 0 Å². The molecule has 0 bridgehead atoms. The average molecular weight is 326 g/mol. The van der Waals surface area contributed by atoms with E-state index in [1.54, 1.807) is 0 Å². The van der Waals surface area contributed by atoms with E-state index >= 15 is 0 Å². The number of rotatable bonds is 9. The molecule has 1 N–H and O–H groups in total. The van der Waals surface area contributed by atoms with Crippen molar-refractivity contribution in [3.8, 4) is 5.75 Å². The molecular formula is C21H30N2O. The number of fused-ring (bicyclic) bond motifs is 1. The van der Waals surface area contributed by atoms with Crippen LogP contribution in [0.3, 0.4) is 0 Å². The molecule has 0 saturated carbocycles. The van der Waals surface area contributed by atoms with Crippen LogP contribution in [0.15, 0.2) is 36.4 Å². The van der Waals surface area contributed by atoms with Crippen molar-refractivity contribution in [2.45, 2.75) is 46.5 Å². The number of amidine groups is 1. The van der Waals surface area contributed by atoms with E-state index in [4.69, 9.17) is 10.1 Å². The van der Waals surface area contributed by atoms with E-state index in [9.17, 15) is 0 Å².